The van der Waals surface area contributed by atoms with Gasteiger partial charge in [-0.1, -0.05) is 335 Å². The summed E-state index contributed by atoms with van der Waals surface area (Å²) in [6.45, 7) is 4.99. The van der Waals surface area contributed by atoms with Crippen molar-refractivity contribution in [3.05, 3.63) is 0 Å². The zero-order chi connectivity index (χ0) is 50.7. The van der Waals surface area contributed by atoms with Gasteiger partial charge in [-0.2, -0.15) is 0 Å². The molecule has 0 aliphatic carbocycles. The second kappa shape index (κ2) is 60.4. The third-order valence-electron chi connectivity index (χ3n) is 15.4. The van der Waals surface area contributed by atoms with Crippen molar-refractivity contribution in [3.8, 4) is 0 Å². The van der Waals surface area contributed by atoms with Gasteiger partial charge in [0, 0.05) is 12.8 Å². The fourth-order valence-electron chi connectivity index (χ4n) is 10.5. The summed E-state index contributed by atoms with van der Waals surface area (Å²) in [6, 6.07) is -0.539. The quantitative estimate of drug-likeness (QED) is 0.0417. The van der Waals surface area contributed by atoms with Crippen molar-refractivity contribution in [2.24, 2.45) is 0 Å². The molecule has 0 radical (unpaired) electrons. The Kier molecular flexibility index (Phi) is 59.4. The molecule has 0 aliphatic rings. The van der Waals surface area contributed by atoms with Crippen LogP contribution >= 0.6 is 0 Å². The summed E-state index contributed by atoms with van der Waals surface area (Å²) in [5.41, 5.74) is 0. The molecule has 0 aromatic carbocycles. The van der Waals surface area contributed by atoms with Crippen molar-refractivity contribution in [3.63, 3.8) is 0 Å². The van der Waals surface area contributed by atoms with Crippen LogP contribution in [0.15, 0.2) is 0 Å². The molecule has 0 saturated carbocycles. The molecule has 6 heteroatoms. The molecule has 2 atom stereocenters. The van der Waals surface area contributed by atoms with E-state index in [1.54, 1.807) is 0 Å². The Hall–Kier alpha value is -1.14. The number of aliphatic hydroxyl groups is 2. The number of carbonyl (C=O) groups excluding carboxylic acids is 2. The molecule has 0 saturated heterocycles. The number of unbranched alkanes of at least 4 members (excludes halogenated alkanes) is 50. The summed E-state index contributed by atoms with van der Waals surface area (Å²) in [4.78, 5) is 24.5. The van der Waals surface area contributed by atoms with Crippen molar-refractivity contribution >= 4 is 11.9 Å². The maximum atomic E-state index is 12.5. The van der Waals surface area contributed by atoms with E-state index in [2.05, 4.69) is 19.2 Å². The first-order chi connectivity index (χ1) is 34.5. The summed E-state index contributed by atoms with van der Waals surface area (Å²) in [6.07, 6.45) is 71.2. The summed E-state index contributed by atoms with van der Waals surface area (Å²) in [5.74, 6) is -0.0121. The Morgan fingerprint density at radius 2 is 0.586 bits per heavy atom. The molecule has 0 spiro atoms. The van der Waals surface area contributed by atoms with Gasteiger partial charge in [-0.25, -0.2) is 0 Å². The lowest BCUT2D eigenvalue weighted by molar-refractivity contribution is -0.143. The molecule has 3 N–H and O–H groups in total. The smallest absolute Gasteiger partial charge is 0.305 e. The molecule has 0 rings (SSSR count). The van der Waals surface area contributed by atoms with E-state index >= 15 is 0 Å². The number of ether oxygens (including phenoxy) is 1. The van der Waals surface area contributed by atoms with Crippen LogP contribution in [0.5, 0.6) is 0 Å². The maximum Gasteiger partial charge on any atom is 0.305 e. The van der Waals surface area contributed by atoms with Crippen molar-refractivity contribution in [2.45, 2.75) is 386 Å². The summed E-state index contributed by atoms with van der Waals surface area (Å²) >= 11 is 0. The molecule has 6 nitrogen and oxygen atoms in total. The first-order valence-corrected chi connectivity index (χ1v) is 32.3. The molecule has 0 heterocycles. The molecular formula is C64H127NO5. The number of nitrogens with one attached hydrogen (secondary N) is 1. The van der Waals surface area contributed by atoms with Gasteiger partial charge in [0.2, 0.25) is 5.91 Å². The van der Waals surface area contributed by atoms with Crippen LogP contribution in [0.1, 0.15) is 373 Å². The molecule has 418 valence electrons. The average Bonchev–Trinajstić information content (AvgIpc) is 3.36. The Morgan fingerprint density at radius 3 is 0.871 bits per heavy atom. The highest BCUT2D eigenvalue weighted by atomic mass is 16.5. The van der Waals surface area contributed by atoms with Gasteiger partial charge in [-0.3, -0.25) is 9.59 Å². The average molecular weight is 991 g/mol. The Bertz CT molecular complexity index is 1010. The minimum atomic E-state index is -0.662. The lowest BCUT2D eigenvalue weighted by Crippen LogP contribution is -2.45. The highest BCUT2D eigenvalue weighted by Gasteiger charge is 2.20. The number of rotatable bonds is 61. The molecule has 0 aromatic heterocycles. The molecule has 2 unspecified atom stereocenters. The zero-order valence-corrected chi connectivity index (χ0v) is 47.8. The van der Waals surface area contributed by atoms with Gasteiger partial charge in [0.05, 0.1) is 25.4 Å². The SMILES string of the molecule is CCCCCCCCCCCCCCCCCCCC(O)C(CO)NC(=O)CCCCCCCCCCCCCCCCCCCCCCCCCCCOC(=O)CCCCCCCCCCCCC. The van der Waals surface area contributed by atoms with E-state index in [0.717, 1.165) is 38.5 Å². The van der Waals surface area contributed by atoms with Crippen molar-refractivity contribution in [2.75, 3.05) is 13.2 Å². The van der Waals surface area contributed by atoms with E-state index in [1.807, 2.05) is 0 Å². The Balaban J connectivity index is 3.35. The van der Waals surface area contributed by atoms with Gasteiger partial charge < -0.3 is 20.3 Å². The Morgan fingerprint density at radius 1 is 0.343 bits per heavy atom. The van der Waals surface area contributed by atoms with Gasteiger partial charge in [-0.15, -0.1) is 0 Å². The monoisotopic (exact) mass is 990 g/mol. The van der Waals surface area contributed by atoms with Crippen LogP contribution < -0.4 is 5.32 Å². The van der Waals surface area contributed by atoms with E-state index in [9.17, 15) is 19.8 Å². The van der Waals surface area contributed by atoms with Crippen LogP contribution in [0.3, 0.4) is 0 Å². The van der Waals surface area contributed by atoms with Crippen LogP contribution in [-0.2, 0) is 14.3 Å². The highest BCUT2D eigenvalue weighted by Crippen LogP contribution is 2.19. The molecule has 0 fully saturated rings. The number of aliphatic hydroxyl groups excluding tert-OH is 2. The minimum Gasteiger partial charge on any atom is -0.466 e. The van der Waals surface area contributed by atoms with E-state index in [-0.39, 0.29) is 18.5 Å². The van der Waals surface area contributed by atoms with Gasteiger partial charge in [0.15, 0.2) is 0 Å². The second-order valence-corrected chi connectivity index (χ2v) is 22.5. The number of amides is 1. The summed E-state index contributed by atoms with van der Waals surface area (Å²) in [5, 5.41) is 23.3. The first kappa shape index (κ1) is 68.9. The van der Waals surface area contributed by atoms with Crippen molar-refractivity contribution in [1.29, 1.82) is 0 Å². The van der Waals surface area contributed by atoms with Gasteiger partial charge >= 0.3 is 5.97 Å². The number of hydrogen-bond acceptors (Lipinski definition) is 5. The van der Waals surface area contributed by atoms with E-state index in [4.69, 9.17) is 4.74 Å². The maximum absolute atomic E-state index is 12.5. The second-order valence-electron chi connectivity index (χ2n) is 22.5. The van der Waals surface area contributed by atoms with Crippen LogP contribution in [0.4, 0.5) is 0 Å². The normalized spacial score (nSPS) is 12.5. The molecule has 0 bridgehead atoms. The van der Waals surface area contributed by atoms with Gasteiger partial charge in [0.25, 0.3) is 0 Å². The van der Waals surface area contributed by atoms with E-state index < -0.39 is 12.1 Å². The standard InChI is InChI=1S/C64H127NO5/c1-3-5-7-9-11-13-15-16-17-27-30-33-37-40-44-48-52-56-62(67)61(60-66)65-63(68)57-53-49-45-41-38-34-31-28-25-23-21-19-18-20-22-24-26-29-32-35-39-43-47-51-55-59-70-64(69)58-54-50-46-42-36-14-12-10-8-6-4-2/h61-62,66-67H,3-60H2,1-2H3,(H,65,68). The van der Waals surface area contributed by atoms with Crippen LogP contribution in [0.2, 0.25) is 0 Å². The first-order valence-electron chi connectivity index (χ1n) is 32.3. The fraction of sp³-hybridized carbons (Fsp3) is 0.969. The summed E-state index contributed by atoms with van der Waals surface area (Å²) in [7, 11) is 0. The van der Waals surface area contributed by atoms with Crippen LogP contribution in [0, 0.1) is 0 Å². The predicted molar refractivity (Wildman–Crippen MR) is 306 cm³/mol. The molecule has 0 aromatic rings. The number of carbonyl (C=O) groups is 2. The topological polar surface area (TPSA) is 95.9 Å². The molecular weight excluding hydrogens is 863 g/mol. The van der Waals surface area contributed by atoms with Gasteiger partial charge in [0.1, 0.15) is 0 Å². The summed E-state index contributed by atoms with van der Waals surface area (Å²) < 4.78 is 5.47. The van der Waals surface area contributed by atoms with Gasteiger partial charge in [-0.05, 0) is 25.7 Å². The molecule has 1 amide bonds. The minimum absolute atomic E-state index is 0.0171. The Labute approximate surface area is 438 Å². The third kappa shape index (κ3) is 56.2. The third-order valence-corrected chi connectivity index (χ3v) is 15.4. The van der Waals surface area contributed by atoms with Crippen LogP contribution in [0.25, 0.3) is 0 Å². The zero-order valence-electron chi connectivity index (χ0n) is 47.8. The highest BCUT2D eigenvalue weighted by molar-refractivity contribution is 5.76. The number of esters is 1. The predicted octanol–water partition coefficient (Wildman–Crippen LogP) is 20.3. The van der Waals surface area contributed by atoms with Crippen LogP contribution in [-0.4, -0.2) is 47.4 Å². The lowest BCUT2D eigenvalue weighted by atomic mass is 10.0. The largest absolute Gasteiger partial charge is 0.466 e. The van der Waals surface area contributed by atoms with E-state index in [1.165, 1.54) is 302 Å². The molecule has 0 aliphatic heterocycles. The number of hydrogen-bond donors (Lipinski definition) is 3. The van der Waals surface area contributed by atoms with Crippen molar-refractivity contribution < 1.29 is 24.5 Å². The van der Waals surface area contributed by atoms with E-state index in [0.29, 0.717) is 25.9 Å². The fourth-order valence-corrected chi connectivity index (χ4v) is 10.5. The lowest BCUT2D eigenvalue weighted by Gasteiger charge is -2.22. The van der Waals surface area contributed by atoms with Crippen molar-refractivity contribution in [1.82, 2.24) is 5.32 Å². The molecule has 70 heavy (non-hydrogen) atoms.